The fraction of sp³-hybridized carbons (Fsp3) is 0.462. The second kappa shape index (κ2) is 5.82. The molecule has 0 radical (unpaired) electrons. The van der Waals surface area contributed by atoms with E-state index >= 15 is 0 Å². The Morgan fingerprint density at radius 3 is 2.67 bits per heavy atom. The highest BCUT2D eigenvalue weighted by Gasteiger charge is 2.21. The number of anilines is 1. The molecule has 0 heterocycles. The van der Waals surface area contributed by atoms with Gasteiger partial charge in [-0.15, -0.1) is 0 Å². The first-order chi connectivity index (χ1) is 8.41. The van der Waals surface area contributed by atoms with Crippen LogP contribution in [0.3, 0.4) is 0 Å². The van der Waals surface area contributed by atoms with Gasteiger partial charge in [-0.05, 0) is 24.6 Å². The highest BCUT2D eigenvalue weighted by atomic mass is 19.1. The van der Waals surface area contributed by atoms with E-state index in [-0.39, 0.29) is 17.6 Å². The molecule has 18 heavy (non-hydrogen) atoms. The van der Waals surface area contributed by atoms with Gasteiger partial charge >= 0.3 is 5.97 Å². The Morgan fingerprint density at radius 1 is 1.50 bits per heavy atom. The number of aliphatic hydroxyl groups is 1. The number of rotatable bonds is 6. The molecule has 1 aromatic carbocycles. The van der Waals surface area contributed by atoms with Crippen molar-refractivity contribution < 1.29 is 19.4 Å². The Kier molecular flexibility index (Phi) is 4.67. The highest BCUT2D eigenvalue weighted by Crippen LogP contribution is 2.22. The highest BCUT2D eigenvalue weighted by molar-refractivity contribution is 5.89. The van der Waals surface area contributed by atoms with Crippen molar-refractivity contribution in [1.29, 1.82) is 0 Å². The van der Waals surface area contributed by atoms with Crippen molar-refractivity contribution in [2.24, 2.45) is 5.41 Å². The zero-order chi connectivity index (χ0) is 13.8. The van der Waals surface area contributed by atoms with E-state index in [1.807, 2.05) is 13.8 Å². The Bertz CT molecular complexity index is 430. The average Bonchev–Trinajstić information content (AvgIpc) is 2.37. The molecule has 5 heteroatoms. The Labute approximate surface area is 105 Å². The quantitative estimate of drug-likeness (QED) is 0.729. The molecule has 1 atom stereocenters. The summed E-state index contributed by atoms with van der Waals surface area (Å²) in [6, 6.07) is 3.86. The molecule has 0 spiro atoms. The van der Waals surface area contributed by atoms with Crippen molar-refractivity contribution in [3.8, 4) is 0 Å². The van der Waals surface area contributed by atoms with Crippen molar-refractivity contribution in [3.05, 3.63) is 29.6 Å². The monoisotopic (exact) mass is 255 g/mol. The Balaban J connectivity index is 2.80. The van der Waals surface area contributed by atoms with Gasteiger partial charge in [-0.2, -0.15) is 0 Å². The van der Waals surface area contributed by atoms with Crippen molar-refractivity contribution >= 4 is 11.7 Å². The summed E-state index contributed by atoms with van der Waals surface area (Å²) in [5.41, 5.74) is -0.110. The van der Waals surface area contributed by atoms with Crippen LogP contribution in [0.2, 0.25) is 0 Å². The van der Waals surface area contributed by atoms with E-state index in [0.717, 1.165) is 12.5 Å². The minimum atomic E-state index is -1.29. The molecule has 100 valence electrons. The standard InChI is InChI=1S/C13H18FNO3/c1-3-13(2,8-16)7-15-9-4-5-11(14)10(6-9)12(17)18/h4-6,15-16H,3,7-8H2,1-2H3,(H,17,18). The molecule has 0 saturated heterocycles. The van der Waals surface area contributed by atoms with E-state index in [9.17, 15) is 14.3 Å². The maximum Gasteiger partial charge on any atom is 0.338 e. The van der Waals surface area contributed by atoms with E-state index in [1.54, 1.807) is 0 Å². The Morgan fingerprint density at radius 2 is 2.17 bits per heavy atom. The zero-order valence-electron chi connectivity index (χ0n) is 10.5. The third kappa shape index (κ3) is 3.43. The largest absolute Gasteiger partial charge is 0.478 e. The molecule has 1 aromatic rings. The van der Waals surface area contributed by atoms with Gasteiger partial charge in [0.2, 0.25) is 0 Å². The predicted octanol–water partition coefficient (Wildman–Crippen LogP) is 2.34. The van der Waals surface area contributed by atoms with Crippen LogP contribution in [-0.2, 0) is 0 Å². The number of nitrogens with one attached hydrogen (secondary N) is 1. The van der Waals surface area contributed by atoms with Gasteiger partial charge in [0.15, 0.2) is 0 Å². The first-order valence-corrected chi connectivity index (χ1v) is 5.79. The lowest BCUT2D eigenvalue weighted by Gasteiger charge is -2.26. The lowest BCUT2D eigenvalue weighted by Crippen LogP contribution is -2.29. The molecule has 1 unspecified atom stereocenters. The molecule has 0 saturated carbocycles. The van der Waals surface area contributed by atoms with Crippen molar-refractivity contribution in [1.82, 2.24) is 0 Å². The number of carboxylic acid groups (broad SMARTS) is 1. The SMILES string of the molecule is CCC(C)(CO)CNc1ccc(F)c(C(=O)O)c1. The molecule has 0 amide bonds. The number of aliphatic hydroxyl groups excluding tert-OH is 1. The van der Waals surface area contributed by atoms with Crippen LogP contribution in [0.4, 0.5) is 10.1 Å². The van der Waals surface area contributed by atoms with Crippen LogP contribution in [0, 0.1) is 11.2 Å². The first-order valence-electron chi connectivity index (χ1n) is 5.79. The van der Waals surface area contributed by atoms with Gasteiger partial charge in [-0.1, -0.05) is 13.8 Å². The van der Waals surface area contributed by atoms with Crippen LogP contribution in [0.25, 0.3) is 0 Å². The maximum atomic E-state index is 13.2. The smallest absolute Gasteiger partial charge is 0.338 e. The van der Waals surface area contributed by atoms with Crippen molar-refractivity contribution in [2.75, 3.05) is 18.5 Å². The van der Waals surface area contributed by atoms with Gasteiger partial charge in [0, 0.05) is 17.6 Å². The van der Waals surface area contributed by atoms with Crippen LogP contribution in [0.5, 0.6) is 0 Å². The number of hydrogen-bond acceptors (Lipinski definition) is 3. The van der Waals surface area contributed by atoms with Gasteiger partial charge in [-0.25, -0.2) is 9.18 Å². The second-order valence-corrected chi connectivity index (χ2v) is 4.68. The van der Waals surface area contributed by atoms with Crippen LogP contribution >= 0.6 is 0 Å². The number of aromatic carboxylic acids is 1. The summed E-state index contributed by atoms with van der Waals surface area (Å²) >= 11 is 0. The zero-order valence-corrected chi connectivity index (χ0v) is 10.5. The average molecular weight is 255 g/mol. The molecule has 0 aliphatic rings. The number of hydrogen-bond donors (Lipinski definition) is 3. The molecule has 0 bridgehead atoms. The fourth-order valence-corrected chi connectivity index (χ4v) is 1.41. The van der Waals surface area contributed by atoms with E-state index in [0.29, 0.717) is 12.2 Å². The molecule has 4 nitrogen and oxygen atoms in total. The van der Waals surface area contributed by atoms with E-state index < -0.39 is 11.8 Å². The molecule has 3 N–H and O–H groups in total. The third-order valence-electron chi connectivity index (χ3n) is 3.15. The summed E-state index contributed by atoms with van der Waals surface area (Å²) < 4.78 is 13.2. The summed E-state index contributed by atoms with van der Waals surface area (Å²) in [4.78, 5) is 10.8. The minimum absolute atomic E-state index is 0.0312. The van der Waals surface area contributed by atoms with Gasteiger partial charge < -0.3 is 15.5 Å². The van der Waals surface area contributed by atoms with Crippen LogP contribution in [0.15, 0.2) is 18.2 Å². The number of halogens is 1. The van der Waals surface area contributed by atoms with Gasteiger partial charge in [0.25, 0.3) is 0 Å². The summed E-state index contributed by atoms with van der Waals surface area (Å²) in [5.74, 6) is -2.05. The topological polar surface area (TPSA) is 69.6 Å². The van der Waals surface area contributed by atoms with E-state index in [2.05, 4.69) is 5.32 Å². The molecule has 0 aromatic heterocycles. The third-order valence-corrected chi connectivity index (χ3v) is 3.15. The van der Waals surface area contributed by atoms with E-state index in [4.69, 9.17) is 5.11 Å². The van der Waals surface area contributed by atoms with Crippen LogP contribution < -0.4 is 5.32 Å². The van der Waals surface area contributed by atoms with Crippen molar-refractivity contribution in [2.45, 2.75) is 20.3 Å². The minimum Gasteiger partial charge on any atom is -0.478 e. The lowest BCUT2D eigenvalue weighted by molar-refractivity contribution is 0.0692. The van der Waals surface area contributed by atoms with Crippen molar-refractivity contribution in [3.63, 3.8) is 0 Å². The number of benzene rings is 1. The predicted molar refractivity (Wildman–Crippen MR) is 67.3 cm³/mol. The number of carboxylic acids is 1. The number of carbonyl (C=O) groups is 1. The molecule has 0 aliphatic carbocycles. The first kappa shape index (κ1) is 14.4. The summed E-state index contributed by atoms with van der Waals surface area (Å²) in [5, 5.41) is 21.1. The maximum absolute atomic E-state index is 13.2. The second-order valence-electron chi connectivity index (χ2n) is 4.68. The summed E-state index contributed by atoms with van der Waals surface area (Å²) in [6.07, 6.45) is 0.781. The molecular weight excluding hydrogens is 237 g/mol. The summed E-state index contributed by atoms with van der Waals surface area (Å²) in [6.45, 7) is 4.40. The van der Waals surface area contributed by atoms with Gasteiger partial charge in [0.1, 0.15) is 5.82 Å². The Hall–Kier alpha value is -1.62. The molecule has 0 aliphatic heterocycles. The lowest BCUT2D eigenvalue weighted by atomic mass is 9.88. The normalized spacial score (nSPS) is 14.0. The summed E-state index contributed by atoms with van der Waals surface area (Å²) in [7, 11) is 0. The molecular formula is C13H18FNO3. The van der Waals surface area contributed by atoms with Gasteiger partial charge in [-0.3, -0.25) is 0 Å². The van der Waals surface area contributed by atoms with Crippen LogP contribution in [0.1, 0.15) is 30.6 Å². The fourth-order valence-electron chi connectivity index (χ4n) is 1.41. The molecule has 1 rings (SSSR count). The van der Waals surface area contributed by atoms with Gasteiger partial charge in [0.05, 0.1) is 12.2 Å². The van der Waals surface area contributed by atoms with E-state index in [1.165, 1.54) is 12.1 Å². The molecule has 0 fully saturated rings. The van der Waals surface area contributed by atoms with Crippen LogP contribution in [-0.4, -0.2) is 29.3 Å².